The lowest BCUT2D eigenvalue weighted by Gasteiger charge is -2.21. The van der Waals surface area contributed by atoms with Crippen LogP contribution in [0.5, 0.6) is 0 Å². The Labute approximate surface area is 251 Å². The third-order valence-electron chi connectivity index (χ3n) is 6.20. The molecule has 18 heteroatoms. The van der Waals surface area contributed by atoms with Crippen LogP contribution in [0, 0.1) is 0 Å². The number of carboxylic acid groups (broad SMARTS) is 1. The van der Waals surface area contributed by atoms with Crippen molar-refractivity contribution in [3.8, 4) is 17.1 Å². The number of nitrogens with zero attached hydrogens (tertiary/aromatic N) is 8. The van der Waals surface area contributed by atoms with Gasteiger partial charge in [-0.25, -0.2) is 23.9 Å². The minimum Gasteiger partial charge on any atom is -0.478 e. The normalized spacial score (nSPS) is 13.6. The zero-order valence-electron chi connectivity index (χ0n) is 23.0. The fraction of sp³-hybridized carbons (Fsp3) is 0.308. The minimum atomic E-state index is -4.51. The van der Waals surface area contributed by atoms with Crippen LogP contribution in [-0.2, 0) is 17.9 Å². The first-order valence-corrected chi connectivity index (χ1v) is 13.3. The number of aromatic nitrogens is 7. The molecule has 3 aromatic heterocycles. The average molecular weight is 636 g/mol. The predicted octanol–water partition coefficient (Wildman–Crippen LogP) is 1.90. The van der Waals surface area contributed by atoms with Crippen molar-refractivity contribution >= 4 is 29.8 Å². The second kappa shape index (κ2) is 13.6. The van der Waals surface area contributed by atoms with Crippen LogP contribution in [0.2, 0.25) is 5.02 Å². The molecule has 0 aliphatic carbocycles. The Morgan fingerprint density at radius 2 is 1.89 bits per heavy atom. The summed E-state index contributed by atoms with van der Waals surface area (Å²) in [5.74, 6) is -1.57. The summed E-state index contributed by atoms with van der Waals surface area (Å²) in [6, 6.07) is 7.22. The highest BCUT2D eigenvalue weighted by Gasteiger charge is 2.29. The number of aldehydes is 1. The van der Waals surface area contributed by atoms with Crippen LogP contribution in [-0.4, -0.2) is 95.1 Å². The lowest BCUT2D eigenvalue weighted by molar-refractivity contribution is -0.136. The summed E-state index contributed by atoms with van der Waals surface area (Å²) in [6.07, 6.45) is -3.02. The standard InChI is InChI=1S/C21H15ClF3N7O4.C5H10N2O/c22-13-3-1-12(2-4-13)18-29-31(20(36)30(18)8-6-21(23,24)25)10-16-27-17(11-33)32(28-16)15-9-26-7-5-14(15)19(34)35;1-7-3-2-6-5(8)4-7/h1-5,7,9,11H,6,8,10H2,(H,34,35);2-4H2,1H3,(H,6,8). The molecule has 44 heavy (non-hydrogen) atoms. The number of nitrogens with one attached hydrogen (secondary N) is 1. The fourth-order valence-corrected chi connectivity index (χ4v) is 4.25. The highest BCUT2D eigenvalue weighted by atomic mass is 35.5. The Morgan fingerprint density at radius 3 is 2.48 bits per heavy atom. The highest BCUT2D eigenvalue weighted by Crippen LogP contribution is 2.23. The summed E-state index contributed by atoms with van der Waals surface area (Å²) in [5.41, 5.74) is -0.759. The molecule has 4 heterocycles. The van der Waals surface area contributed by atoms with Gasteiger partial charge >= 0.3 is 17.8 Å². The van der Waals surface area contributed by atoms with E-state index in [9.17, 15) is 37.5 Å². The number of hydrogen-bond donors (Lipinski definition) is 2. The second-order valence-corrected chi connectivity index (χ2v) is 9.93. The van der Waals surface area contributed by atoms with Crippen molar-refractivity contribution in [2.75, 3.05) is 26.7 Å². The number of carbonyl (C=O) groups excluding carboxylic acids is 2. The van der Waals surface area contributed by atoms with Crippen LogP contribution in [0.4, 0.5) is 13.2 Å². The quantitative estimate of drug-likeness (QED) is 0.273. The highest BCUT2D eigenvalue weighted by molar-refractivity contribution is 6.30. The predicted molar refractivity (Wildman–Crippen MR) is 149 cm³/mol. The minimum absolute atomic E-state index is 0.0311. The number of amides is 1. The van der Waals surface area contributed by atoms with Gasteiger partial charge in [-0.3, -0.25) is 24.0 Å². The molecule has 1 saturated heterocycles. The summed E-state index contributed by atoms with van der Waals surface area (Å²) >= 11 is 5.88. The Hall–Kier alpha value is -4.90. The van der Waals surface area contributed by atoms with Crippen LogP contribution in [0.25, 0.3) is 17.1 Å². The van der Waals surface area contributed by atoms with Gasteiger partial charge in [0.2, 0.25) is 5.91 Å². The van der Waals surface area contributed by atoms with Crippen LogP contribution in [0.1, 0.15) is 33.2 Å². The molecule has 1 amide bonds. The Kier molecular flexibility index (Phi) is 9.90. The number of carboxylic acids is 1. The number of halogens is 4. The van der Waals surface area contributed by atoms with Crippen molar-refractivity contribution in [1.29, 1.82) is 0 Å². The third kappa shape index (κ3) is 7.93. The molecule has 0 spiro atoms. The summed E-state index contributed by atoms with van der Waals surface area (Å²) < 4.78 is 41.3. The number of hydrogen-bond acceptors (Lipinski definition) is 9. The van der Waals surface area contributed by atoms with Gasteiger partial charge in [-0.2, -0.15) is 13.2 Å². The first-order valence-electron chi connectivity index (χ1n) is 12.9. The van der Waals surface area contributed by atoms with E-state index in [1.807, 2.05) is 11.9 Å². The fourth-order valence-electron chi connectivity index (χ4n) is 4.12. The first kappa shape index (κ1) is 32.0. The molecule has 0 atom stereocenters. The van der Waals surface area contributed by atoms with E-state index in [2.05, 4.69) is 25.5 Å². The van der Waals surface area contributed by atoms with Gasteiger partial charge in [-0.15, -0.1) is 10.2 Å². The van der Waals surface area contributed by atoms with E-state index in [-0.39, 0.29) is 34.6 Å². The number of carbonyl (C=O) groups is 3. The molecule has 0 saturated carbocycles. The third-order valence-corrected chi connectivity index (χ3v) is 6.46. The van der Waals surface area contributed by atoms with Crippen molar-refractivity contribution < 1.29 is 32.7 Å². The summed E-state index contributed by atoms with van der Waals surface area (Å²) in [6.45, 7) is 1.25. The van der Waals surface area contributed by atoms with Crippen molar-refractivity contribution in [3.63, 3.8) is 0 Å². The summed E-state index contributed by atoms with van der Waals surface area (Å²) in [7, 11) is 1.94. The number of aromatic carboxylic acids is 1. The molecule has 1 fully saturated rings. The summed E-state index contributed by atoms with van der Waals surface area (Å²) in [5, 5.41) is 20.8. The van der Waals surface area contributed by atoms with Gasteiger partial charge in [0.1, 0.15) is 12.2 Å². The van der Waals surface area contributed by atoms with Crippen molar-refractivity contribution in [3.05, 3.63) is 75.4 Å². The van der Waals surface area contributed by atoms with E-state index in [4.69, 9.17) is 11.6 Å². The molecule has 1 aliphatic heterocycles. The van der Waals surface area contributed by atoms with Crippen LogP contribution in [0.15, 0.2) is 47.5 Å². The lowest BCUT2D eigenvalue weighted by Crippen LogP contribution is -2.45. The maximum atomic E-state index is 13.0. The van der Waals surface area contributed by atoms with Gasteiger partial charge in [0.05, 0.1) is 24.7 Å². The first-order chi connectivity index (χ1) is 20.9. The van der Waals surface area contributed by atoms with Crippen molar-refractivity contribution in [1.82, 2.24) is 44.3 Å². The maximum absolute atomic E-state index is 13.0. The van der Waals surface area contributed by atoms with Gasteiger partial charge in [0.25, 0.3) is 0 Å². The van der Waals surface area contributed by atoms with E-state index in [0.717, 1.165) is 27.0 Å². The molecule has 1 aliphatic rings. The Morgan fingerprint density at radius 1 is 1.16 bits per heavy atom. The monoisotopic (exact) mass is 635 g/mol. The topological polar surface area (TPSA) is 170 Å². The number of likely N-dealkylation sites (N-methyl/N-ethyl adjacent to an activating group) is 1. The molecule has 0 unspecified atom stereocenters. The van der Waals surface area contributed by atoms with Gasteiger partial charge in [0.15, 0.2) is 23.8 Å². The Bertz CT molecular complexity index is 1720. The summed E-state index contributed by atoms with van der Waals surface area (Å²) in [4.78, 5) is 56.5. The van der Waals surface area contributed by atoms with Crippen LogP contribution >= 0.6 is 11.6 Å². The van der Waals surface area contributed by atoms with E-state index in [1.54, 1.807) is 0 Å². The molecular weight excluding hydrogens is 611 g/mol. The van der Waals surface area contributed by atoms with Gasteiger partial charge in [-0.1, -0.05) is 11.6 Å². The van der Waals surface area contributed by atoms with E-state index in [0.29, 0.717) is 23.4 Å². The molecule has 232 valence electrons. The molecule has 0 bridgehead atoms. The lowest BCUT2D eigenvalue weighted by atomic mass is 10.2. The Balaban J connectivity index is 0.000000479. The number of piperazine rings is 1. The second-order valence-electron chi connectivity index (χ2n) is 9.49. The average Bonchev–Trinajstić information content (AvgIpc) is 3.52. The van der Waals surface area contributed by atoms with Crippen LogP contribution < -0.4 is 11.0 Å². The van der Waals surface area contributed by atoms with Gasteiger partial charge in [0, 0.05) is 36.4 Å². The SMILES string of the molecule is CN1CCNC(=O)C1.O=Cc1nc(Cn2nc(-c3ccc(Cl)cc3)n(CCC(F)(F)F)c2=O)nn1-c1cnccc1C(=O)O. The van der Waals surface area contributed by atoms with E-state index < -0.39 is 37.3 Å². The largest absolute Gasteiger partial charge is 0.478 e. The number of alkyl halides is 3. The van der Waals surface area contributed by atoms with E-state index >= 15 is 0 Å². The van der Waals surface area contributed by atoms with Crippen molar-refractivity contribution in [2.45, 2.75) is 25.7 Å². The molecule has 5 rings (SSSR count). The van der Waals surface area contributed by atoms with Gasteiger partial charge in [-0.05, 0) is 37.4 Å². The molecular formula is C26H25ClF3N9O5. The van der Waals surface area contributed by atoms with Crippen LogP contribution in [0.3, 0.4) is 0 Å². The number of rotatable bonds is 8. The molecule has 1 aromatic carbocycles. The molecule has 2 N–H and O–H groups in total. The van der Waals surface area contributed by atoms with Crippen molar-refractivity contribution in [2.24, 2.45) is 0 Å². The molecule has 14 nitrogen and oxygen atoms in total. The zero-order valence-corrected chi connectivity index (χ0v) is 23.8. The smallest absolute Gasteiger partial charge is 0.390 e. The van der Waals surface area contributed by atoms with E-state index in [1.165, 1.54) is 42.7 Å². The van der Waals surface area contributed by atoms with Gasteiger partial charge < -0.3 is 10.4 Å². The number of benzene rings is 1. The number of pyridine rings is 1. The molecule has 4 aromatic rings. The molecule has 0 radical (unpaired) electrons. The zero-order chi connectivity index (χ0) is 32.0. The maximum Gasteiger partial charge on any atom is 0.390 e.